The van der Waals surface area contributed by atoms with Gasteiger partial charge in [0.1, 0.15) is 0 Å². The Bertz CT molecular complexity index is 434. The zero-order chi connectivity index (χ0) is 13.7. The Morgan fingerprint density at radius 1 is 1.53 bits per heavy atom. The summed E-state index contributed by atoms with van der Waals surface area (Å²) in [5, 5.41) is 2.99. The van der Waals surface area contributed by atoms with Crippen LogP contribution >= 0.6 is 0 Å². The predicted octanol–water partition coefficient (Wildman–Crippen LogP) is 1.54. The van der Waals surface area contributed by atoms with E-state index in [1.165, 1.54) is 5.56 Å². The van der Waals surface area contributed by atoms with Crippen LogP contribution in [0.3, 0.4) is 0 Å². The van der Waals surface area contributed by atoms with Crippen molar-refractivity contribution < 1.29 is 9.53 Å². The fourth-order valence-electron chi connectivity index (χ4n) is 2.49. The maximum absolute atomic E-state index is 12.3. The van der Waals surface area contributed by atoms with Gasteiger partial charge in [0.05, 0.1) is 6.61 Å². The minimum atomic E-state index is -0.490. The maximum atomic E-state index is 12.3. The highest BCUT2D eigenvalue weighted by Crippen LogP contribution is 2.27. The summed E-state index contributed by atoms with van der Waals surface area (Å²) in [4.78, 5) is 12.3. The Morgan fingerprint density at radius 3 is 3.05 bits per heavy atom. The Balaban J connectivity index is 2.08. The summed E-state index contributed by atoms with van der Waals surface area (Å²) in [6.45, 7) is 3.14. The summed E-state index contributed by atoms with van der Waals surface area (Å²) < 4.78 is 5.64. The third kappa shape index (κ3) is 3.33. The molecule has 0 spiro atoms. The number of rotatable bonds is 5. The van der Waals surface area contributed by atoms with Crippen LogP contribution in [0.5, 0.6) is 0 Å². The molecular formula is C15H22N2O2. The van der Waals surface area contributed by atoms with E-state index in [4.69, 9.17) is 10.5 Å². The van der Waals surface area contributed by atoms with Crippen LogP contribution in [0.2, 0.25) is 0 Å². The van der Waals surface area contributed by atoms with Gasteiger partial charge in [0.2, 0.25) is 0 Å². The molecule has 0 fully saturated rings. The number of nitrogens with one attached hydrogen (secondary N) is 1. The van der Waals surface area contributed by atoms with Gasteiger partial charge in [0, 0.05) is 12.6 Å². The SMILES string of the molecule is CCCC(CN)NC(=O)C1OCCc2ccccc21. The third-order valence-corrected chi connectivity index (χ3v) is 3.50. The standard InChI is InChI=1S/C15H22N2O2/c1-2-5-12(10-16)17-15(18)14-13-7-4-3-6-11(13)8-9-19-14/h3-4,6-7,12,14H,2,5,8-10,16H2,1H3,(H,17,18). The van der Waals surface area contributed by atoms with E-state index in [-0.39, 0.29) is 11.9 Å². The van der Waals surface area contributed by atoms with Crippen LogP contribution in [-0.4, -0.2) is 25.1 Å². The first-order valence-electron chi connectivity index (χ1n) is 6.96. The lowest BCUT2D eigenvalue weighted by molar-refractivity contribution is -0.134. The van der Waals surface area contributed by atoms with E-state index in [0.29, 0.717) is 13.2 Å². The number of carbonyl (C=O) groups is 1. The monoisotopic (exact) mass is 262 g/mol. The quantitative estimate of drug-likeness (QED) is 0.846. The second kappa shape index (κ2) is 6.68. The van der Waals surface area contributed by atoms with E-state index in [1.807, 2.05) is 18.2 Å². The van der Waals surface area contributed by atoms with Gasteiger partial charge in [0.25, 0.3) is 5.91 Å². The molecule has 1 heterocycles. The molecule has 2 rings (SSSR count). The first kappa shape index (κ1) is 14.0. The van der Waals surface area contributed by atoms with E-state index < -0.39 is 6.10 Å². The first-order valence-corrected chi connectivity index (χ1v) is 6.96. The summed E-state index contributed by atoms with van der Waals surface area (Å²) in [6.07, 6.45) is 2.28. The Labute approximate surface area is 114 Å². The summed E-state index contributed by atoms with van der Waals surface area (Å²) in [7, 11) is 0. The van der Waals surface area contributed by atoms with Crippen molar-refractivity contribution in [2.24, 2.45) is 5.73 Å². The molecule has 4 heteroatoms. The highest BCUT2D eigenvalue weighted by molar-refractivity contribution is 5.83. The van der Waals surface area contributed by atoms with Crippen molar-refractivity contribution in [1.29, 1.82) is 0 Å². The fraction of sp³-hybridized carbons (Fsp3) is 0.533. The summed E-state index contributed by atoms with van der Waals surface area (Å²) >= 11 is 0. The van der Waals surface area contributed by atoms with Gasteiger partial charge < -0.3 is 15.8 Å². The van der Waals surface area contributed by atoms with Gasteiger partial charge in [0.15, 0.2) is 6.10 Å². The molecule has 0 radical (unpaired) electrons. The Morgan fingerprint density at radius 2 is 2.32 bits per heavy atom. The summed E-state index contributed by atoms with van der Waals surface area (Å²) in [5.74, 6) is -0.0731. The average Bonchev–Trinajstić information content (AvgIpc) is 2.46. The molecule has 4 nitrogen and oxygen atoms in total. The number of amides is 1. The number of carbonyl (C=O) groups excluding carboxylic acids is 1. The highest BCUT2D eigenvalue weighted by Gasteiger charge is 2.28. The topological polar surface area (TPSA) is 64.3 Å². The van der Waals surface area contributed by atoms with Crippen LogP contribution in [0.15, 0.2) is 24.3 Å². The minimum Gasteiger partial charge on any atom is -0.363 e. The molecule has 1 amide bonds. The average molecular weight is 262 g/mol. The van der Waals surface area contributed by atoms with Crippen LogP contribution in [-0.2, 0) is 16.0 Å². The molecule has 1 aromatic carbocycles. The number of fused-ring (bicyclic) bond motifs is 1. The number of nitrogens with two attached hydrogens (primary N) is 1. The van der Waals surface area contributed by atoms with Crippen molar-refractivity contribution in [3.05, 3.63) is 35.4 Å². The van der Waals surface area contributed by atoms with E-state index >= 15 is 0 Å². The molecule has 2 unspecified atom stereocenters. The van der Waals surface area contributed by atoms with E-state index in [1.54, 1.807) is 0 Å². The molecule has 19 heavy (non-hydrogen) atoms. The van der Waals surface area contributed by atoms with Crippen LogP contribution < -0.4 is 11.1 Å². The van der Waals surface area contributed by atoms with Crippen molar-refractivity contribution in [2.45, 2.75) is 38.3 Å². The molecule has 1 aliphatic rings. The highest BCUT2D eigenvalue weighted by atomic mass is 16.5. The number of hydrogen-bond donors (Lipinski definition) is 2. The Kier molecular flexibility index (Phi) is 4.93. The van der Waals surface area contributed by atoms with Crippen molar-refractivity contribution in [3.63, 3.8) is 0 Å². The number of hydrogen-bond acceptors (Lipinski definition) is 3. The van der Waals surface area contributed by atoms with Crippen LogP contribution in [0.25, 0.3) is 0 Å². The van der Waals surface area contributed by atoms with Gasteiger partial charge in [-0.15, -0.1) is 0 Å². The van der Waals surface area contributed by atoms with E-state index in [0.717, 1.165) is 24.8 Å². The van der Waals surface area contributed by atoms with Crippen LogP contribution in [0.1, 0.15) is 37.0 Å². The molecule has 104 valence electrons. The van der Waals surface area contributed by atoms with E-state index in [9.17, 15) is 4.79 Å². The summed E-state index contributed by atoms with van der Waals surface area (Å²) in [6, 6.07) is 8.01. The van der Waals surface area contributed by atoms with Crippen molar-refractivity contribution in [1.82, 2.24) is 5.32 Å². The Hall–Kier alpha value is -1.39. The van der Waals surface area contributed by atoms with Gasteiger partial charge in [-0.25, -0.2) is 0 Å². The molecule has 3 N–H and O–H groups in total. The molecule has 1 aliphatic heterocycles. The summed E-state index contributed by atoms with van der Waals surface area (Å²) in [5.41, 5.74) is 7.86. The molecule has 2 atom stereocenters. The molecule has 0 aromatic heterocycles. The largest absolute Gasteiger partial charge is 0.363 e. The molecule has 0 saturated heterocycles. The zero-order valence-corrected chi connectivity index (χ0v) is 11.4. The van der Waals surface area contributed by atoms with Crippen molar-refractivity contribution >= 4 is 5.91 Å². The van der Waals surface area contributed by atoms with Crippen LogP contribution in [0.4, 0.5) is 0 Å². The lowest BCUT2D eigenvalue weighted by Crippen LogP contribution is -2.43. The third-order valence-electron chi connectivity index (χ3n) is 3.50. The van der Waals surface area contributed by atoms with Gasteiger partial charge in [-0.2, -0.15) is 0 Å². The predicted molar refractivity (Wildman–Crippen MR) is 74.7 cm³/mol. The smallest absolute Gasteiger partial charge is 0.254 e. The molecule has 0 bridgehead atoms. The minimum absolute atomic E-state index is 0.0372. The normalized spacial score (nSPS) is 19.6. The van der Waals surface area contributed by atoms with E-state index in [2.05, 4.69) is 18.3 Å². The second-order valence-electron chi connectivity index (χ2n) is 4.93. The number of ether oxygens (including phenoxy) is 1. The first-order chi connectivity index (χ1) is 9.26. The van der Waals surface area contributed by atoms with Crippen molar-refractivity contribution in [2.75, 3.05) is 13.2 Å². The molecule has 0 saturated carbocycles. The van der Waals surface area contributed by atoms with Crippen molar-refractivity contribution in [3.8, 4) is 0 Å². The van der Waals surface area contributed by atoms with Crippen LogP contribution in [0, 0.1) is 0 Å². The van der Waals surface area contributed by atoms with Gasteiger partial charge in [-0.3, -0.25) is 4.79 Å². The zero-order valence-electron chi connectivity index (χ0n) is 11.4. The maximum Gasteiger partial charge on any atom is 0.254 e. The second-order valence-corrected chi connectivity index (χ2v) is 4.93. The van der Waals surface area contributed by atoms with Gasteiger partial charge >= 0.3 is 0 Å². The molecule has 0 aliphatic carbocycles. The molecular weight excluding hydrogens is 240 g/mol. The molecule has 1 aromatic rings. The van der Waals surface area contributed by atoms with Gasteiger partial charge in [-0.1, -0.05) is 37.6 Å². The lowest BCUT2D eigenvalue weighted by Gasteiger charge is -2.27. The number of benzene rings is 1. The lowest BCUT2D eigenvalue weighted by atomic mass is 9.97. The van der Waals surface area contributed by atoms with Gasteiger partial charge in [-0.05, 0) is 24.0 Å². The fourth-order valence-corrected chi connectivity index (χ4v) is 2.49.